The average molecular weight is 499 g/mol. The third-order valence-corrected chi connectivity index (χ3v) is 5.28. The molecule has 7 nitrogen and oxygen atoms in total. The Morgan fingerprint density at radius 1 is 1.00 bits per heavy atom. The fourth-order valence-corrected chi connectivity index (χ4v) is 3.52. The summed E-state index contributed by atoms with van der Waals surface area (Å²) in [6.45, 7) is 1.23. The van der Waals surface area contributed by atoms with Crippen LogP contribution in [0.2, 0.25) is 0 Å². The highest BCUT2D eigenvalue weighted by Crippen LogP contribution is 2.33. The third kappa shape index (κ3) is 4.38. The van der Waals surface area contributed by atoms with Crippen molar-refractivity contribution >= 4 is 27.7 Å². The third-order valence-electron chi connectivity index (χ3n) is 4.82. The Labute approximate surface area is 182 Å². The molecule has 2 aromatic heterocycles. The van der Waals surface area contributed by atoms with Gasteiger partial charge in [-0.15, -0.1) is 5.10 Å². The van der Waals surface area contributed by atoms with Gasteiger partial charge in [0.05, 0.1) is 5.69 Å². The first kappa shape index (κ1) is 21.2. The van der Waals surface area contributed by atoms with Crippen molar-refractivity contribution in [3.05, 3.63) is 64.3 Å². The number of amides is 1. The van der Waals surface area contributed by atoms with Gasteiger partial charge in [-0.1, -0.05) is 5.21 Å². The van der Waals surface area contributed by atoms with Crippen LogP contribution >= 0.6 is 15.9 Å². The van der Waals surface area contributed by atoms with Crippen molar-refractivity contribution in [2.45, 2.75) is 6.18 Å². The van der Waals surface area contributed by atoms with Gasteiger partial charge in [0.2, 0.25) is 0 Å². The van der Waals surface area contributed by atoms with Crippen molar-refractivity contribution < 1.29 is 22.4 Å². The molecule has 0 N–H and O–H groups in total. The molecular weight excluding hydrogens is 484 g/mol. The maximum absolute atomic E-state index is 13.8. The second-order valence-corrected chi connectivity index (χ2v) is 7.70. The lowest BCUT2D eigenvalue weighted by molar-refractivity contribution is -0.143. The van der Waals surface area contributed by atoms with Crippen LogP contribution in [0.4, 0.5) is 23.4 Å². The molecule has 0 atom stereocenters. The highest BCUT2D eigenvalue weighted by Gasteiger charge is 2.43. The molecule has 1 amide bonds. The van der Waals surface area contributed by atoms with Crippen LogP contribution in [-0.2, 0) is 6.18 Å². The van der Waals surface area contributed by atoms with E-state index in [1.165, 1.54) is 4.90 Å². The molecule has 4 rings (SSSR count). The number of halogens is 5. The summed E-state index contributed by atoms with van der Waals surface area (Å²) in [5, 5.41) is 7.04. The van der Waals surface area contributed by atoms with E-state index < -0.39 is 29.3 Å². The van der Waals surface area contributed by atoms with Crippen LogP contribution < -0.4 is 4.90 Å². The number of rotatable bonds is 3. The summed E-state index contributed by atoms with van der Waals surface area (Å²) in [6.07, 6.45) is -3.23. The Balaban J connectivity index is 1.56. The minimum absolute atomic E-state index is 0.0496. The quantitative estimate of drug-likeness (QED) is 0.516. The summed E-state index contributed by atoms with van der Waals surface area (Å²) in [4.78, 5) is 20.4. The van der Waals surface area contributed by atoms with Crippen LogP contribution in [0.5, 0.6) is 0 Å². The molecule has 162 valence electrons. The van der Waals surface area contributed by atoms with Gasteiger partial charge < -0.3 is 9.80 Å². The zero-order valence-corrected chi connectivity index (χ0v) is 17.4. The minimum Gasteiger partial charge on any atom is -0.353 e. The molecule has 0 aliphatic carbocycles. The van der Waals surface area contributed by atoms with Crippen molar-refractivity contribution in [3.8, 4) is 5.69 Å². The summed E-state index contributed by atoms with van der Waals surface area (Å²) >= 11 is 3.31. The predicted molar refractivity (Wildman–Crippen MR) is 106 cm³/mol. The number of hydrogen-bond acceptors (Lipinski definition) is 5. The fourth-order valence-electron chi connectivity index (χ4n) is 3.29. The molecule has 0 saturated carbocycles. The van der Waals surface area contributed by atoms with Gasteiger partial charge in [-0.3, -0.25) is 4.79 Å². The Hall–Kier alpha value is -3.02. The Morgan fingerprint density at radius 3 is 2.26 bits per heavy atom. The standard InChI is InChI=1S/C19H15BrF4N6O/c20-12-1-6-15(25-11-12)28-7-9-29(10-8-28)18(31)16-17(19(22,23)24)30(27-26-16)14-4-2-13(21)3-5-14/h1-6,11H,7-10H2. The van der Waals surface area contributed by atoms with Crippen molar-refractivity contribution in [1.82, 2.24) is 24.9 Å². The normalized spacial score (nSPS) is 14.7. The number of pyridine rings is 1. The van der Waals surface area contributed by atoms with E-state index in [-0.39, 0.29) is 18.8 Å². The van der Waals surface area contributed by atoms with Crippen LogP contribution in [0.15, 0.2) is 47.1 Å². The van der Waals surface area contributed by atoms with Crippen molar-refractivity contribution in [3.63, 3.8) is 0 Å². The van der Waals surface area contributed by atoms with Gasteiger partial charge in [0, 0.05) is 36.8 Å². The Morgan fingerprint density at radius 2 is 1.68 bits per heavy atom. The number of piperazine rings is 1. The molecular formula is C19H15BrF4N6O. The zero-order valence-electron chi connectivity index (χ0n) is 15.9. The van der Waals surface area contributed by atoms with Crippen molar-refractivity contribution in [2.75, 3.05) is 31.1 Å². The first-order valence-corrected chi connectivity index (χ1v) is 9.98. The number of alkyl halides is 3. The van der Waals surface area contributed by atoms with E-state index in [1.807, 2.05) is 17.0 Å². The molecule has 12 heteroatoms. The molecule has 1 aliphatic heterocycles. The minimum atomic E-state index is -4.88. The molecule has 1 aliphatic rings. The van der Waals surface area contributed by atoms with Gasteiger partial charge in [0.25, 0.3) is 5.91 Å². The lowest BCUT2D eigenvalue weighted by Crippen LogP contribution is -2.49. The number of benzene rings is 1. The second kappa shape index (κ2) is 8.25. The van der Waals surface area contributed by atoms with E-state index in [0.29, 0.717) is 23.6 Å². The number of carbonyl (C=O) groups is 1. The monoisotopic (exact) mass is 498 g/mol. The second-order valence-electron chi connectivity index (χ2n) is 6.79. The number of hydrogen-bond donors (Lipinski definition) is 0. The highest BCUT2D eigenvalue weighted by atomic mass is 79.9. The van der Waals surface area contributed by atoms with Crippen LogP contribution in [0.3, 0.4) is 0 Å². The predicted octanol–water partition coefficient (Wildman–Crippen LogP) is 3.55. The van der Waals surface area contributed by atoms with Crippen molar-refractivity contribution in [1.29, 1.82) is 0 Å². The molecule has 0 spiro atoms. The first-order chi connectivity index (χ1) is 14.7. The molecule has 1 fully saturated rings. The number of aromatic nitrogens is 4. The Kier molecular flexibility index (Phi) is 5.65. The fraction of sp³-hybridized carbons (Fsp3) is 0.263. The molecule has 3 aromatic rings. The lowest BCUT2D eigenvalue weighted by Gasteiger charge is -2.35. The van der Waals surface area contributed by atoms with Crippen LogP contribution in [0.1, 0.15) is 16.2 Å². The number of anilines is 1. The molecule has 1 aromatic carbocycles. The van der Waals surface area contributed by atoms with Gasteiger partial charge in [-0.25, -0.2) is 14.1 Å². The molecule has 0 unspecified atom stereocenters. The molecule has 1 saturated heterocycles. The van der Waals surface area contributed by atoms with Gasteiger partial charge in [-0.05, 0) is 52.3 Å². The van der Waals surface area contributed by atoms with E-state index in [9.17, 15) is 22.4 Å². The first-order valence-electron chi connectivity index (χ1n) is 9.18. The SMILES string of the molecule is O=C(c1nnn(-c2ccc(F)cc2)c1C(F)(F)F)N1CCN(c2ccc(Br)cn2)CC1. The molecule has 3 heterocycles. The van der Waals surface area contributed by atoms with Crippen LogP contribution in [0, 0.1) is 5.82 Å². The maximum atomic E-state index is 13.8. The lowest BCUT2D eigenvalue weighted by atomic mass is 10.2. The summed E-state index contributed by atoms with van der Waals surface area (Å²) in [5.74, 6) is -0.746. The number of nitrogens with zero attached hydrogens (tertiary/aromatic N) is 6. The van der Waals surface area contributed by atoms with Gasteiger partial charge in [0.15, 0.2) is 11.4 Å². The van der Waals surface area contributed by atoms with Crippen LogP contribution in [0.25, 0.3) is 5.69 Å². The van der Waals surface area contributed by atoms with E-state index in [0.717, 1.165) is 28.7 Å². The van der Waals surface area contributed by atoms with Crippen LogP contribution in [-0.4, -0.2) is 57.0 Å². The van der Waals surface area contributed by atoms with E-state index >= 15 is 0 Å². The smallest absolute Gasteiger partial charge is 0.353 e. The topological polar surface area (TPSA) is 67.2 Å². The summed E-state index contributed by atoms with van der Waals surface area (Å²) in [6, 6.07) is 7.94. The molecule has 0 bridgehead atoms. The summed E-state index contributed by atoms with van der Waals surface area (Å²) < 4.78 is 55.8. The van der Waals surface area contributed by atoms with Gasteiger partial charge in [-0.2, -0.15) is 13.2 Å². The highest BCUT2D eigenvalue weighted by molar-refractivity contribution is 9.10. The summed E-state index contributed by atoms with van der Waals surface area (Å²) in [5.41, 5.74) is -2.13. The Bertz CT molecular complexity index is 1080. The van der Waals surface area contributed by atoms with E-state index in [1.54, 1.807) is 6.20 Å². The largest absolute Gasteiger partial charge is 0.435 e. The molecule has 0 radical (unpaired) electrons. The average Bonchev–Trinajstić information content (AvgIpc) is 3.20. The summed E-state index contributed by atoms with van der Waals surface area (Å²) in [7, 11) is 0. The maximum Gasteiger partial charge on any atom is 0.435 e. The van der Waals surface area contributed by atoms with E-state index in [2.05, 4.69) is 31.2 Å². The van der Waals surface area contributed by atoms with Crippen molar-refractivity contribution in [2.24, 2.45) is 0 Å². The van der Waals surface area contributed by atoms with E-state index in [4.69, 9.17) is 0 Å². The van der Waals surface area contributed by atoms with Gasteiger partial charge in [0.1, 0.15) is 11.6 Å². The number of carbonyl (C=O) groups excluding carboxylic acids is 1. The van der Waals surface area contributed by atoms with Gasteiger partial charge >= 0.3 is 6.18 Å². The zero-order chi connectivity index (χ0) is 22.2. The molecule has 31 heavy (non-hydrogen) atoms.